The van der Waals surface area contributed by atoms with Crippen molar-refractivity contribution < 1.29 is 4.79 Å². The Hall–Kier alpha value is -0.570. The number of nitrogens with zero attached hydrogens (tertiary/aromatic N) is 1. The molecule has 0 aromatic heterocycles. The highest BCUT2D eigenvalue weighted by Crippen LogP contribution is 2.33. The molecule has 2 aliphatic carbocycles. The zero-order valence-corrected chi connectivity index (χ0v) is 12.8. The Balaban J connectivity index is 1.97. The van der Waals surface area contributed by atoms with Gasteiger partial charge in [-0.25, -0.2) is 0 Å². The van der Waals surface area contributed by atoms with E-state index >= 15 is 0 Å². The summed E-state index contributed by atoms with van der Waals surface area (Å²) in [4.78, 5) is 14.8. The molecule has 0 aromatic carbocycles. The number of rotatable bonds is 2. The van der Waals surface area contributed by atoms with Crippen LogP contribution in [0.15, 0.2) is 0 Å². The third-order valence-electron chi connectivity index (χ3n) is 5.36. The number of hydrogen-bond donors (Lipinski definition) is 1. The van der Waals surface area contributed by atoms with Crippen LogP contribution in [0.1, 0.15) is 58.8 Å². The summed E-state index contributed by atoms with van der Waals surface area (Å²) >= 11 is 0. The van der Waals surface area contributed by atoms with E-state index in [0.717, 1.165) is 25.2 Å². The summed E-state index contributed by atoms with van der Waals surface area (Å²) in [5.41, 5.74) is 6.06. The second kappa shape index (κ2) is 6.25. The van der Waals surface area contributed by atoms with E-state index in [0.29, 0.717) is 17.9 Å². The lowest BCUT2D eigenvalue weighted by Crippen LogP contribution is -2.47. The van der Waals surface area contributed by atoms with Gasteiger partial charge in [-0.2, -0.15) is 0 Å². The van der Waals surface area contributed by atoms with Crippen LogP contribution in [0.25, 0.3) is 0 Å². The molecule has 0 aromatic rings. The molecule has 5 unspecified atom stereocenters. The van der Waals surface area contributed by atoms with Gasteiger partial charge >= 0.3 is 0 Å². The summed E-state index contributed by atoms with van der Waals surface area (Å²) in [6.45, 7) is 4.52. The number of hydrogen-bond acceptors (Lipinski definition) is 2. The van der Waals surface area contributed by atoms with E-state index in [2.05, 4.69) is 18.7 Å². The maximum Gasteiger partial charge on any atom is 0.225 e. The predicted octanol–water partition coefficient (Wildman–Crippen LogP) is 2.79. The van der Waals surface area contributed by atoms with Crippen molar-refractivity contribution in [3.8, 4) is 0 Å². The van der Waals surface area contributed by atoms with E-state index in [1.54, 1.807) is 0 Å². The van der Waals surface area contributed by atoms with Crippen molar-refractivity contribution >= 4 is 5.91 Å². The molecule has 110 valence electrons. The van der Waals surface area contributed by atoms with Crippen LogP contribution in [0.2, 0.25) is 0 Å². The Bertz CT molecular complexity index is 318. The summed E-state index contributed by atoms with van der Waals surface area (Å²) in [6.07, 6.45) is 8.01. The zero-order chi connectivity index (χ0) is 14.0. The van der Waals surface area contributed by atoms with Gasteiger partial charge in [0.15, 0.2) is 0 Å². The second-order valence-electron chi connectivity index (χ2n) is 7.03. The average molecular weight is 266 g/mol. The summed E-state index contributed by atoms with van der Waals surface area (Å²) in [5, 5.41) is 0. The SMILES string of the molecule is CC1CCCC(N(C)C(=O)C2CC(N)CCC2C)C1. The maximum atomic E-state index is 12.7. The first-order valence-corrected chi connectivity index (χ1v) is 8.01. The van der Waals surface area contributed by atoms with E-state index < -0.39 is 0 Å². The predicted molar refractivity (Wildman–Crippen MR) is 78.7 cm³/mol. The van der Waals surface area contributed by atoms with E-state index in [1.165, 1.54) is 25.7 Å². The monoisotopic (exact) mass is 266 g/mol. The quantitative estimate of drug-likeness (QED) is 0.835. The van der Waals surface area contributed by atoms with Crippen LogP contribution in [0.5, 0.6) is 0 Å². The molecule has 0 heterocycles. The normalized spacial score (nSPS) is 39.9. The lowest BCUT2D eigenvalue weighted by atomic mass is 9.77. The third kappa shape index (κ3) is 3.50. The molecule has 0 bridgehead atoms. The van der Waals surface area contributed by atoms with Gasteiger partial charge in [0.1, 0.15) is 0 Å². The first-order valence-electron chi connectivity index (χ1n) is 8.01. The first-order chi connectivity index (χ1) is 8.99. The molecule has 2 rings (SSSR count). The van der Waals surface area contributed by atoms with Gasteiger partial charge in [0.05, 0.1) is 0 Å². The summed E-state index contributed by atoms with van der Waals surface area (Å²) in [7, 11) is 2.01. The maximum absolute atomic E-state index is 12.7. The van der Waals surface area contributed by atoms with Crippen molar-refractivity contribution in [1.82, 2.24) is 4.90 Å². The fourth-order valence-corrected chi connectivity index (χ4v) is 3.89. The van der Waals surface area contributed by atoms with Gasteiger partial charge in [0.25, 0.3) is 0 Å². The molecule has 19 heavy (non-hydrogen) atoms. The van der Waals surface area contributed by atoms with Gasteiger partial charge in [-0.15, -0.1) is 0 Å². The first kappa shape index (κ1) is 14.8. The van der Waals surface area contributed by atoms with Gasteiger partial charge in [-0.05, 0) is 43.9 Å². The van der Waals surface area contributed by atoms with Gasteiger partial charge in [0, 0.05) is 25.0 Å². The van der Waals surface area contributed by atoms with E-state index in [-0.39, 0.29) is 12.0 Å². The molecule has 0 radical (unpaired) electrons. The number of amides is 1. The van der Waals surface area contributed by atoms with Crippen LogP contribution in [-0.2, 0) is 4.79 Å². The summed E-state index contributed by atoms with van der Waals surface area (Å²) in [6, 6.07) is 0.686. The van der Waals surface area contributed by atoms with Gasteiger partial charge in [-0.1, -0.05) is 26.7 Å². The summed E-state index contributed by atoms with van der Waals surface area (Å²) < 4.78 is 0. The van der Waals surface area contributed by atoms with E-state index in [4.69, 9.17) is 5.73 Å². The van der Waals surface area contributed by atoms with Crippen LogP contribution >= 0.6 is 0 Å². The highest BCUT2D eigenvalue weighted by molar-refractivity contribution is 5.79. The Morgan fingerprint density at radius 3 is 2.53 bits per heavy atom. The van der Waals surface area contributed by atoms with E-state index in [1.807, 2.05) is 7.05 Å². The average Bonchev–Trinajstić information content (AvgIpc) is 2.40. The molecule has 1 amide bonds. The lowest BCUT2D eigenvalue weighted by Gasteiger charge is -2.39. The van der Waals surface area contributed by atoms with Crippen molar-refractivity contribution in [2.24, 2.45) is 23.5 Å². The summed E-state index contributed by atoms with van der Waals surface area (Å²) in [5.74, 6) is 1.77. The minimum Gasteiger partial charge on any atom is -0.343 e. The van der Waals surface area contributed by atoms with Crippen LogP contribution < -0.4 is 5.73 Å². The number of carbonyl (C=O) groups is 1. The molecule has 2 aliphatic rings. The molecule has 2 fully saturated rings. The molecule has 2 N–H and O–H groups in total. The van der Waals surface area contributed by atoms with E-state index in [9.17, 15) is 4.79 Å². The highest BCUT2D eigenvalue weighted by atomic mass is 16.2. The lowest BCUT2D eigenvalue weighted by molar-refractivity contribution is -0.140. The largest absolute Gasteiger partial charge is 0.343 e. The fraction of sp³-hybridized carbons (Fsp3) is 0.938. The van der Waals surface area contributed by atoms with Crippen molar-refractivity contribution in [2.45, 2.75) is 70.9 Å². The molecular weight excluding hydrogens is 236 g/mol. The minimum atomic E-state index is 0.158. The molecule has 0 aliphatic heterocycles. The number of nitrogens with two attached hydrogens (primary N) is 1. The van der Waals surface area contributed by atoms with Crippen molar-refractivity contribution in [3.63, 3.8) is 0 Å². The minimum absolute atomic E-state index is 0.158. The Kier molecular flexibility index (Phi) is 4.88. The van der Waals surface area contributed by atoms with Gasteiger partial charge in [0.2, 0.25) is 5.91 Å². The van der Waals surface area contributed by atoms with Crippen LogP contribution in [-0.4, -0.2) is 29.9 Å². The third-order valence-corrected chi connectivity index (χ3v) is 5.36. The molecule has 0 spiro atoms. The molecule has 3 nitrogen and oxygen atoms in total. The Morgan fingerprint density at radius 1 is 1.11 bits per heavy atom. The molecular formula is C16H30N2O. The van der Waals surface area contributed by atoms with Crippen LogP contribution in [0.3, 0.4) is 0 Å². The zero-order valence-electron chi connectivity index (χ0n) is 12.8. The molecule has 3 heteroatoms. The van der Waals surface area contributed by atoms with Crippen molar-refractivity contribution in [1.29, 1.82) is 0 Å². The van der Waals surface area contributed by atoms with Crippen LogP contribution in [0, 0.1) is 17.8 Å². The van der Waals surface area contributed by atoms with Crippen LogP contribution in [0.4, 0.5) is 0 Å². The topological polar surface area (TPSA) is 46.3 Å². The van der Waals surface area contributed by atoms with Crippen molar-refractivity contribution in [2.75, 3.05) is 7.05 Å². The highest BCUT2D eigenvalue weighted by Gasteiger charge is 2.35. The van der Waals surface area contributed by atoms with Gasteiger partial charge in [-0.3, -0.25) is 4.79 Å². The molecule has 2 saturated carbocycles. The Labute approximate surface area is 117 Å². The van der Waals surface area contributed by atoms with Crippen molar-refractivity contribution in [3.05, 3.63) is 0 Å². The molecule has 0 saturated heterocycles. The fourth-order valence-electron chi connectivity index (χ4n) is 3.89. The standard InChI is InChI=1S/C16H30N2O/c1-11-5-4-6-14(9-11)18(3)16(19)15-10-13(17)8-7-12(15)2/h11-15H,4-10,17H2,1-3H3. The van der Waals surface area contributed by atoms with Gasteiger partial charge < -0.3 is 10.6 Å². The molecule has 5 atom stereocenters. The second-order valence-corrected chi connectivity index (χ2v) is 7.03. The smallest absolute Gasteiger partial charge is 0.225 e. The number of carbonyl (C=O) groups excluding carboxylic acids is 1. The Morgan fingerprint density at radius 2 is 1.84 bits per heavy atom.